The lowest BCUT2D eigenvalue weighted by Crippen LogP contribution is -1.96. The first kappa shape index (κ1) is 8.12. The molecular weight excluding hydrogens is 114 g/mol. The van der Waals surface area contributed by atoms with Gasteiger partial charge in [0, 0.05) is 0 Å². The summed E-state index contributed by atoms with van der Waals surface area (Å²) in [7, 11) is 0. The van der Waals surface area contributed by atoms with Crippen LogP contribution in [-0.2, 0) is 4.79 Å². The van der Waals surface area contributed by atoms with Gasteiger partial charge in [0.25, 0.3) is 0 Å². The molecular formula is C7H11NO. The second-order valence-electron chi connectivity index (χ2n) is 1.81. The molecule has 9 heavy (non-hydrogen) atoms. The van der Waals surface area contributed by atoms with Crippen molar-refractivity contribution in [3.05, 3.63) is 12.7 Å². The lowest BCUT2D eigenvalue weighted by molar-refractivity contribution is 0.558. The molecule has 2 heteroatoms. The fourth-order valence-electron chi connectivity index (χ4n) is 0.599. The Hall–Kier alpha value is -0.880. The zero-order valence-electron chi connectivity index (χ0n) is 5.63. The fraction of sp³-hybridized carbons (Fsp3) is 0.571. The topological polar surface area (TPSA) is 29.4 Å². The third kappa shape index (κ3) is 3.68. The Bertz CT molecular complexity index is 125. The summed E-state index contributed by atoms with van der Waals surface area (Å²) >= 11 is 0. The van der Waals surface area contributed by atoms with Gasteiger partial charge >= 0.3 is 0 Å². The van der Waals surface area contributed by atoms with E-state index in [1.54, 1.807) is 6.08 Å². The van der Waals surface area contributed by atoms with Crippen LogP contribution in [0.25, 0.3) is 0 Å². The lowest BCUT2D eigenvalue weighted by atomic mass is 10.2. The molecule has 0 aliphatic heterocycles. The molecule has 1 atom stereocenters. The second kappa shape index (κ2) is 5.26. The average molecular weight is 125 g/mol. The van der Waals surface area contributed by atoms with Gasteiger partial charge in [0.15, 0.2) is 0 Å². The molecule has 0 saturated carbocycles. The van der Waals surface area contributed by atoms with E-state index in [1.807, 2.05) is 6.92 Å². The summed E-state index contributed by atoms with van der Waals surface area (Å²) in [5, 5.41) is 0. The molecule has 0 aromatic rings. The smallest absolute Gasteiger partial charge is 0.211 e. The predicted molar refractivity (Wildman–Crippen MR) is 37.0 cm³/mol. The maximum Gasteiger partial charge on any atom is 0.235 e. The number of hydrogen-bond acceptors (Lipinski definition) is 2. The van der Waals surface area contributed by atoms with Gasteiger partial charge in [0.2, 0.25) is 6.08 Å². The van der Waals surface area contributed by atoms with Gasteiger partial charge in [0.05, 0.1) is 6.04 Å². The minimum absolute atomic E-state index is 0.0208. The van der Waals surface area contributed by atoms with Crippen molar-refractivity contribution in [1.82, 2.24) is 0 Å². The largest absolute Gasteiger partial charge is 0.235 e. The lowest BCUT2D eigenvalue weighted by Gasteiger charge is -1.98. The minimum atomic E-state index is -0.0208. The van der Waals surface area contributed by atoms with Crippen molar-refractivity contribution >= 4 is 6.08 Å². The van der Waals surface area contributed by atoms with Crippen LogP contribution in [0.5, 0.6) is 0 Å². The molecule has 0 saturated heterocycles. The van der Waals surface area contributed by atoms with E-state index in [0.29, 0.717) is 0 Å². The Balaban J connectivity index is 3.67. The van der Waals surface area contributed by atoms with Gasteiger partial charge in [-0.3, -0.25) is 0 Å². The molecule has 0 fully saturated rings. The quantitative estimate of drug-likeness (QED) is 0.319. The van der Waals surface area contributed by atoms with Crippen molar-refractivity contribution in [3.63, 3.8) is 0 Å². The van der Waals surface area contributed by atoms with E-state index in [-0.39, 0.29) is 6.04 Å². The van der Waals surface area contributed by atoms with Crippen LogP contribution in [-0.4, -0.2) is 12.1 Å². The molecule has 0 unspecified atom stereocenters. The summed E-state index contributed by atoms with van der Waals surface area (Å²) in [4.78, 5) is 13.2. The summed E-state index contributed by atoms with van der Waals surface area (Å²) in [5.41, 5.74) is 0. The Morgan fingerprint density at radius 2 is 2.56 bits per heavy atom. The first-order chi connectivity index (χ1) is 4.35. The van der Waals surface area contributed by atoms with Gasteiger partial charge in [0.1, 0.15) is 0 Å². The number of rotatable bonds is 4. The van der Waals surface area contributed by atoms with E-state index < -0.39 is 0 Å². The summed E-state index contributed by atoms with van der Waals surface area (Å²) in [6, 6.07) is -0.0208. The average Bonchev–Trinajstić information content (AvgIpc) is 1.88. The monoisotopic (exact) mass is 125 g/mol. The molecule has 0 aromatic heterocycles. The first-order valence-electron chi connectivity index (χ1n) is 3.04. The van der Waals surface area contributed by atoms with E-state index in [9.17, 15) is 4.79 Å². The van der Waals surface area contributed by atoms with Crippen molar-refractivity contribution in [2.24, 2.45) is 4.99 Å². The molecule has 0 spiro atoms. The normalized spacial score (nSPS) is 11.7. The molecule has 0 amide bonds. The third-order valence-electron chi connectivity index (χ3n) is 1.08. The van der Waals surface area contributed by atoms with Crippen LogP contribution in [0.15, 0.2) is 17.6 Å². The van der Waals surface area contributed by atoms with Gasteiger partial charge < -0.3 is 0 Å². The molecule has 0 aliphatic carbocycles. The molecule has 0 aromatic carbocycles. The second-order valence-corrected chi connectivity index (χ2v) is 1.81. The Labute approximate surface area is 55.3 Å². The third-order valence-corrected chi connectivity index (χ3v) is 1.08. The Morgan fingerprint density at radius 1 is 1.89 bits per heavy atom. The van der Waals surface area contributed by atoms with Crippen molar-refractivity contribution in [2.45, 2.75) is 25.8 Å². The van der Waals surface area contributed by atoms with E-state index in [1.165, 1.54) is 6.08 Å². The summed E-state index contributed by atoms with van der Waals surface area (Å²) in [5.74, 6) is 0. The Kier molecular flexibility index (Phi) is 4.75. The summed E-state index contributed by atoms with van der Waals surface area (Å²) < 4.78 is 0. The highest BCUT2D eigenvalue weighted by Crippen LogP contribution is 2.00. The van der Waals surface area contributed by atoms with Crippen LogP contribution in [0.3, 0.4) is 0 Å². The van der Waals surface area contributed by atoms with Gasteiger partial charge in [-0.25, -0.2) is 4.79 Å². The minimum Gasteiger partial charge on any atom is -0.211 e. The van der Waals surface area contributed by atoms with E-state index in [0.717, 1.165) is 12.8 Å². The maximum atomic E-state index is 9.71. The van der Waals surface area contributed by atoms with Crippen molar-refractivity contribution < 1.29 is 4.79 Å². The zero-order chi connectivity index (χ0) is 7.11. The molecule has 0 radical (unpaired) electrons. The van der Waals surface area contributed by atoms with Crippen LogP contribution in [0.4, 0.5) is 0 Å². The first-order valence-corrected chi connectivity index (χ1v) is 3.04. The SMILES string of the molecule is C=C[C@@H](CCC)N=C=O. The van der Waals surface area contributed by atoms with Crippen LogP contribution >= 0.6 is 0 Å². The zero-order valence-corrected chi connectivity index (χ0v) is 5.63. The standard InChI is InChI=1S/C7H11NO/c1-3-5-7(4-2)8-6-9/h4,7H,2-3,5H2,1H3/t7-/m0/s1. The summed E-state index contributed by atoms with van der Waals surface area (Å²) in [6.45, 7) is 5.56. The van der Waals surface area contributed by atoms with E-state index >= 15 is 0 Å². The number of isocyanates is 1. The number of aliphatic imine (C=N–C) groups is 1. The predicted octanol–water partition coefficient (Wildman–Crippen LogP) is 1.68. The molecule has 2 nitrogen and oxygen atoms in total. The van der Waals surface area contributed by atoms with Crippen molar-refractivity contribution in [2.75, 3.05) is 0 Å². The fourth-order valence-corrected chi connectivity index (χ4v) is 0.599. The Morgan fingerprint density at radius 3 is 2.89 bits per heavy atom. The molecule has 0 N–H and O–H groups in total. The van der Waals surface area contributed by atoms with E-state index in [2.05, 4.69) is 11.6 Å². The molecule has 0 heterocycles. The highest BCUT2D eigenvalue weighted by molar-refractivity contribution is 5.34. The van der Waals surface area contributed by atoms with Crippen molar-refractivity contribution in [3.8, 4) is 0 Å². The van der Waals surface area contributed by atoms with Crippen LogP contribution in [0.2, 0.25) is 0 Å². The van der Waals surface area contributed by atoms with Gasteiger partial charge in [-0.2, -0.15) is 4.99 Å². The van der Waals surface area contributed by atoms with Gasteiger partial charge in [-0.15, -0.1) is 6.58 Å². The molecule has 50 valence electrons. The number of hydrogen-bond donors (Lipinski definition) is 0. The van der Waals surface area contributed by atoms with Crippen molar-refractivity contribution in [1.29, 1.82) is 0 Å². The van der Waals surface area contributed by atoms with Crippen LogP contribution in [0, 0.1) is 0 Å². The number of carbonyl (C=O) groups excluding carboxylic acids is 1. The summed E-state index contributed by atoms with van der Waals surface area (Å²) in [6.07, 6.45) is 5.07. The molecule has 0 aliphatic rings. The maximum absolute atomic E-state index is 9.71. The van der Waals surface area contributed by atoms with Crippen LogP contribution < -0.4 is 0 Å². The molecule has 0 rings (SSSR count). The molecule has 0 bridgehead atoms. The highest BCUT2D eigenvalue weighted by Gasteiger charge is 1.96. The van der Waals surface area contributed by atoms with Crippen LogP contribution in [0.1, 0.15) is 19.8 Å². The van der Waals surface area contributed by atoms with Gasteiger partial charge in [-0.1, -0.05) is 19.4 Å². The highest BCUT2D eigenvalue weighted by atomic mass is 16.1. The van der Waals surface area contributed by atoms with Gasteiger partial charge in [-0.05, 0) is 6.42 Å². The number of nitrogens with zero attached hydrogens (tertiary/aromatic N) is 1. The van der Waals surface area contributed by atoms with E-state index in [4.69, 9.17) is 0 Å².